The highest BCUT2D eigenvalue weighted by atomic mass is 16.5. The molecule has 0 aliphatic carbocycles. The van der Waals surface area contributed by atoms with E-state index >= 15 is 0 Å². The van der Waals surface area contributed by atoms with Gasteiger partial charge in [0, 0.05) is 32.9 Å². The van der Waals surface area contributed by atoms with Crippen molar-refractivity contribution in [3.05, 3.63) is 63.3 Å². The standard InChI is InChI=1S/C31H30O9/c1-15(2)8-10-21-24(37-18(6)33)14-26-28(30(21)38-19(7)34)29(35)27-25(12-16(3)4)39-23-13-20(36-17(5)32)9-11-22(23)31(27)40-26/h8-15,25H,1-7H3/t25-/m0/s1. The van der Waals surface area contributed by atoms with E-state index in [0.29, 0.717) is 11.3 Å². The SMILES string of the molecule is CC(=O)Oc1ccc2c(c1)O[C@@H](C=C(C)C)c1c-2oc2cc(OC(C)=O)c(C=CC(C)C)c(OC(C)=O)c2c1=O. The van der Waals surface area contributed by atoms with Gasteiger partial charge in [-0.25, -0.2) is 0 Å². The summed E-state index contributed by atoms with van der Waals surface area (Å²) in [5, 5.41) is 0.00370. The van der Waals surface area contributed by atoms with Crippen molar-refractivity contribution in [2.75, 3.05) is 0 Å². The Kier molecular flexibility index (Phi) is 7.95. The van der Waals surface area contributed by atoms with Gasteiger partial charge in [0.25, 0.3) is 0 Å². The Morgan fingerprint density at radius 3 is 2.20 bits per heavy atom. The predicted octanol–water partition coefficient (Wildman–Crippen LogP) is 6.30. The molecule has 0 fully saturated rings. The molecule has 0 amide bonds. The summed E-state index contributed by atoms with van der Waals surface area (Å²) in [7, 11) is 0. The zero-order chi connectivity index (χ0) is 29.3. The predicted molar refractivity (Wildman–Crippen MR) is 149 cm³/mol. The maximum atomic E-state index is 14.3. The molecule has 0 saturated carbocycles. The lowest BCUT2D eigenvalue weighted by molar-refractivity contribution is -0.133. The topological polar surface area (TPSA) is 118 Å². The van der Waals surface area contributed by atoms with Crippen molar-refractivity contribution >= 4 is 35.0 Å². The molecule has 1 aliphatic heterocycles. The molecule has 4 rings (SSSR count). The third kappa shape index (κ3) is 5.83. The number of allylic oxidation sites excluding steroid dienone is 2. The van der Waals surface area contributed by atoms with Crippen LogP contribution >= 0.6 is 0 Å². The molecule has 2 heterocycles. The minimum Gasteiger partial charge on any atom is -0.480 e. The van der Waals surface area contributed by atoms with Crippen LogP contribution in [0.5, 0.6) is 23.0 Å². The molecule has 0 spiro atoms. The lowest BCUT2D eigenvalue weighted by Crippen LogP contribution is -2.23. The molecule has 40 heavy (non-hydrogen) atoms. The Hall–Kier alpha value is -4.66. The molecule has 208 valence electrons. The first-order valence-electron chi connectivity index (χ1n) is 12.7. The van der Waals surface area contributed by atoms with Crippen molar-refractivity contribution in [1.82, 2.24) is 0 Å². The summed E-state index contributed by atoms with van der Waals surface area (Å²) in [4.78, 5) is 49.9. The highest BCUT2D eigenvalue weighted by Gasteiger charge is 2.33. The molecule has 1 aliphatic rings. The number of fused-ring (bicyclic) bond motifs is 4. The number of carbonyl (C=O) groups is 3. The smallest absolute Gasteiger partial charge is 0.308 e. The van der Waals surface area contributed by atoms with E-state index in [2.05, 4.69) is 0 Å². The molecule has 9 heteroatoms. The molecule has 0 radical (unpaired) electrons. The fourth-order valence-corrected chi connectivity index (χ4v) is 4.35. The highest BCUT2D eigenvalue weighted by Crippen LogP contribution is 2.47. The average Bonchev–Trinajstić information content (AvgIpc) is 2.81. The van der Waals surface area contributed by atoms with Crippen LogP contribution in [0.1, 0.15) is 65.7 Å². The van der Waals surface area contributed by atoms with Crippen molar-refractivity contribution in [3.63, 3.8) is 0 Å². The van der Waals surface area contributed by atoms with Gasteiger partial charge in [-0.05, 0) is 38.0 Å². The summed E-state index contributed by atoms with van der Waals surface area (Å²) in [5.41, 5.74) is 1.36. The third-order valence-electron chi connectivity index (χ3n) is 5.80. The minimum absolute atomic E-state index is 0.00370. The van der Waals surface area contributed by atoms with Gasteiger partial charge in [0.1, 0.15) is 40.1 Å². The summed E-state index contributed by atoms with van der Waals surface area (Å²) >= 11 is 0. The summed E-state index contributed by atoms with van der Waals surface area (Å²) in [6.45, 7) is 11.4. The molecule has 1 aromatic heterocycles. The van der Waals surface area contributed by atoms with Gasteiger partial charge < -0.3 is 23.4 Å². The van der Waals surface area contributed by atoms with Gasteiger partial charge in [-0.1, -0.05) is 31.6 Å². The first-order valence-corrected chi connectivity index (χ1v) is 12.7. The zero-order valence-electron chi connectivity index (χ0n) is 23.4. The Balaban J connectivity index is 2.13. The van der Waals surface area contributed by atoms with Gasteiger partial charge in [-0.2, -0.15) is 0 Å². The largest absolute Gasteiger partial charge is 0.480 e. The first kappa shape index (κ1) is 28.4. The molecule has 9 nitrogen and oxygen atoms in total. The summed E-state index contributed by atoms with van der Waals surface area (Å²) in [6.07, 6.45) is 4.39. The van der Waals surface area contributed by atoms with Crippen LogP contribution in [0.15, 0.2) is 51.2 Å². The lowest BCUT2D eigenvalue weighted by Gasteiger charge is -2.27. The molecule has 0 N–H and O–H groups in total. The number of esters is 3. The van der Waals surface area contributed by atoms with Crippen LogP contribution in [0.4, 0.5) is 0 Å². The molecule has 0 bridgehead atoms. The Morgan fingerprint density at radius 1 is 0.925 bits per heavy atom. The first-order chi connectivity index (χ1) is 18.8. The lowest BCUT2D eigenvalue weighted by atomic mass is 9.94. The summed E-state index contributed by atoms with van der Waals surface area (Å²) < 4.78 is 28.8. The number of rotatable bonds is 6. The van der Waals surface area contributed by atoms with E-state index in [4.69, 9.17) is 23.4 Å². The van der Waals surface area contributed by atoms with E-state index in [1.165, 1.54) is 26.8 Å². The second-order valence-electron chi connectivity index (χ2n) is 9.99. The molecule has 3 aromatic rings. The Morgan fingerprint density at radius 2 is 1.60 bits per heavy atom. The summed E-state index contributed by atoms with van der Waals surface area (Å²) in [5.74, 6) is -0.841. The molecular formula is C31H30O9. The second kappa shape index (κ2) is 11.2. The van der Waals surface area contributed by atoms with Crippen molar-refractivity contribution in [3.8, 4) is 34.3 Å². The summed E-state index contributed by atoms with van der Waals surface area (Å²) in [6, 6.07) is 6.17. The van der Waals surface area contributed by atoms with E-state index in [9.17, 15) is 19.2 Å². The van der Waals surface area contributed by atoms with E-state index in [1.54, 1.807) is 30.4 Å². The van der Waals surface area contributed by atoms with Crippen LogP contribution in [0.3, 0.4) is 0 Å². The highest BCUT2D eigenvalue weighted by molar-refractivity contribution is 5.95. The molecule has 0 saturated heterocycles. The molecular weight excluding hydrogens is 516 g/mol. The van der Waals surface area contributed by atoms with Crippen molar-refractivity contribution in [2.24, 2.45) is 5.92 Å². The van der Waals surface area contributed by atoms with Gasteiger partial charge in [0.15, 0.2) is 5.75 Å². The third-order valence-corrected chi connectivity index (χ3v) is 5.80. The van der Waals surface area contributed by atoms with E-state index in [0.717, 1.165) is 5.57 Å². The van der Waals surface area contributed by atoms with E-state index in [-0.39, 0.29) is 51.0 Å². The fraction of sp³-hybridized carbons (Fsp3) is 0.290. The van der Waals surface area contributed by atoms with Gasteiger partial charge in [0.05, 0.1) is 16.7 Å². The van der Waals surface area contributed by atoms with Crippen molar-refractivity contribution in [2.45, 2.75) is 54.6 Å². The quantitative estimate of drug-likeness (QED) is 0.199. The number of hydrogen-bond donors (Lipinski definition) is 0. The minimum atomic E-state index is -0.853. The number of benzene rings is 2. The van der Waals surface area contributed by atoms with Crippen LogP contribution in [-0.4, -0.2) is 17.9 Å². The van der Waals surface area contributed by atoms with Gasteiger partial charge in [0.2, 0.25) is 5.43 Å². The number of hydrogen-bond acceptors (Lipinski definition) is 9. The van der Waals surface area contributed by atoms with Crippen LogP contribution in [0, 0.1) is 5.92 Å². The van der Waals surface area contributed by atoms with Crippen LogP contribution in [-0.2, 0) is 14.4 Å². The van der Waals surface area contributed by atoms with Crippen LogP contribution in [0.25, 0.3) is 28.4 Å². The Labute approximate surface area is 231 Å². The monoisotopic (exact) mass is 546 g/mol. The normalized spacial score (nSPS) is 13.8. The van der Waals surface area contributed by atoms with Gasteiger partial charge >= 0.3 is 17.9 Å². The Bertz CT molecular complexity index is 1650. The average molecular weight is 547 g/mol. The number of carbonyl (C=O) groups excluding carboxylic acids is 3. The zero-order valence-corrected chi connectivity index (χ0v) is 23.4. The van der Waals surface area contributed by atoms with Crippen molar-refractivity contribution < 1.29 is 37.7 Å². The van der Waals surface area contributed by atoms with E-state index in [1.807, 2.05) is 33.8 Å². The van der Waals surface area contributed by atoms with Crippen LogP contribution in [0.2, 0.25) is 0 Å². The maximum Gasteiger partial charge on any atom is 0.308 e. The maximum absolute atomic E-state index is 14.3. The molecule has 1 atom stereocenters. The van der Waals surface area contributed by atoms with Crippen LogP contribution < -0.4 is 24.4 Å². The van der Waals surface area contributed by atoms with Crippen molar-refractivity contribution in [1.29, 1.82) is 0 Å². The van der Waals surface area contributed by atoms with E-state index < -0.39 is 29.4 Å². The second-order valence-corrected chi connectivity index (χ2v) is 9.99. The van der Waals surface area contributed by atoms with Gasteiger partial charge in [-0.15, -0.1) is 0 Å². The fourth-order valence-electron chi connectivity index (χ4n) is 4.35. The number of ether oxygens (including phenoxy) is 4. The molecule has 0 unspecified atom stereocenters. The van der Waals surface area contributed by atoms with Gasteiger partial charge in [-0.3, -0.25) is 19.2 Å². The molecule has 2 aromatic carbocycles.